The molecule has 1 aromatic heterocycles. The SMILES string of the molecule is C#CCCCCCc1cn(C(=O)OC(C)(C)C)c(N(C)C(=O)OC(C)(C)C)n1. The molecule has 7 nitrogen and oxygen atoms in total. The van der Waals surface area contributed by atoms with Gasteiger partial charge in [-0.25, -0.2) is 24.0 Å². The molecule has 0 saturated carbocycles. The Morgan fingerprint density at radius 2 is 1.71 bits per heavy atom. The molecular formula is C21H33N3O4. The molecular weight excluding hydrogens is 358 g/mol. The highest BCUT2D eigenvalue weighted by Crippen LogP contribution is 2.20. The first-order chi connectivity index (χ1) is 12.8. The maximum atomic E-state index is 12.6. The largest absolute Gasteiger partial charge is 0.443 e. The van der Waals surface area contributed by atoms with E-state index in [-0.39, 0.29) is 5.95 Å². The van der Waals surface area contributed by atoms with Gasteiger partial charge >= 0.3 is 12.2 Å². The summed E-state index contributed by atoms with van der Waals surface area (Å²) >= 11 is 0. The third-order valence-electron chi connectivity index (χ3n) is 3.55. The summed E-state index contributed by atoms with van der Waals surface area (Å²) in [5.41, 5.74) is -0.621. The summed E-state index contributed by atoms with van der Waals surface area (Å²) in [6.45, 7) is 10.7. The Kier molecular flexibility index (Phi) is 8.10. The Hall–Kier alpha value is -2.49. The predicted molar refractivity (Wildman–Crippen MR) is 110 cm³/mol. The van der Waals surface area contributed by atoms with Crippen LogP contribution in [0.5, 0.6) is 0 Å². The second-order valence-corrected chi connectivity index (χ2v) is 8.69. The second-order valence-electron chi connectivity index (χ2n) is 8.69. The topological polar surface area (TPSA) is 73.7 Å². The van der Waals surface area contributed by atoms with Crippen LogP contribution in [0.4, 0.5) is 15.5 Å². The Labute approximate surface area is 168 Å². The molecule has 0 aliphatic rings. The number of hydrogen-bond donors (Lipinski definition) is 0. The number of hydrogen-bond acceptors (Lipinski definition) is 5. The standard InChI is InChI=1S/C21H33N3O4/c1-9-10-11-12-13-14-16-15-24(19(26)28-21(5,6)7)17(22-16)23(8)18(25)27-20(2,3)4/h1,15H,10-14H2,2-8H3. The third-order valence-corrected chi connectivity index (χ3v) is 3.55. The molecule has 0 unspecified atom stereocenters. The third kappa shape index (κ3) is 8.03. The van der Waals surface area contributed by atoms with Crippen LogP contribution in [0, 0.1) is 12.3 Å². The highest BCUT2D eigenvalue weighted by Gasteiger charge is 2.28. The number of unbranched alkanes of at least 4 members (excludes halogenated alkanes) is 3. The fourth-order valence-electron chi connectivity index (χ4n) is 2.34. The van der Waals surface area contributed by atoms with Crippen LogP contribution in [-0.4, -0.2) is 40.0 Å². The van der Waals surface area contributed by atoms with E-state index in [0.717, 1.165) is 25.7 Å². The van der Waals surface area contributed by atoms with Gasteiger partial charge in [0, 0.05) is 19.7 Å². The fraction of sp³-hybridized carbons (Fsp3) is 0.667. The molecule has 0 aromatic carbocycles. The van der Waals surface area contributed by atoms with Crippen LogP contribution in [0.1, 0.15) is 72.9 Å². The summed E-state index contributed by atoms with van der Waals surface area (Å²) in [5, 5.41) is 0. The van der Waals surface area contributed by atoms with Crippen LogP contribution in [0.15, 0.2) is 6.20 Å². The first-order valence-electron chi connectivity index (χ1n) is 9.56. The minimum Gasteiger partial charge on any atom is -0.443 e. The molecule has 0 spiro atoms. The quantitative estimate of drug-likeness (QED) is 0.516. The summed E-state index contributed by atoms with van der Waals surface area (Å²) in [6, 6.07) is 0. The molecule has 1 rings (SSSR count). The summed E-state index contributed by atoms with van der Waals surface area (Å²) in [5.74, 6) is 2.79. The first kappa shape index (κ1) is 23.5. The van der Waals surface area contributed by atoms with Gasteiger partial charge in [0.25, 0.3) is 0 Å². The number of carbonyl (C=O) groups excluding carboxylic acids is 2. The maximum absolute atomic E-state index is 12.6. The zero-order chi connectivity index (χ0) is 21.5. The van der Waals surface area contributed by atoms with Crippen molar-refractivity contribution in [2.75, 3.05) is 11.9 Å². The molecule has 1 heterocycles. The van der Waals surface area contributed by atoms with Gasteiger partial charge in [0.15, 0.2) is 0 Å². The van der Waals surface area contributed by atoms with E-state index in [1.54, 1.807) is 47.7 Å². The molecule has 1 aromatic rings. The van der Waals surface area contributed by atoms with Crippen LogP contribution in [0.25, 0.3) is 0 Å². The Morgan fingerprint density at radius 1 is 1.11 bits per heavy atom. The summed E-state index contributed by atoms with van der Waals surface area (Å²) in [7, 11) is 1.52. The van der Waals surface area contributed by atoms with Crippen LogP contribution in [0.2, 0.25) is 0 Å². The monoisotopic (exact) mass is 391 g/mol. The highest BCUT2D eigenvalue weighted by molar-refractivity contribution is 5.88. The number of carbonyl (C=O) groups is 2. The Balaban J connectivity index is 3.04. The smallest absolute Gasteiger partial charge is 0.421 e. The van der Waals surface area contributed by atoms with Gasteiger partial charge in [0.1, 0.15) is 11.2 Å². The number of amides is 1. The number of rotatable bonds is 6. The van der Waals surface area contributed by atoms with E-state index < -0.39 is 23.4 Å². The average Bonchev–Trinajstić information content (AvgIpc) is 2.95. The normalized spacial score (nSPS) is 11.6. The van der Waals surface area contributed by atoms with Crippen molar-refractivity contribution in [3.8, 4) is 12.3 Å². The number of anilines is 1. The van der Waals surface area contributed by atoms with Crippen LogP contribution in [0.3, 0.4) is 0 Å². The van der Waals surface area contributed by atoms with Crippen LogP contribution in [-0.2, 0) is 15.9 Å². The molecule has 0 atom stereocenters. The van der Waals surface area contributed by atoms with E-state index in [2.05, 4.69) is 10.9 Å². The molecule has 0 saturated heterocycles. The molecule has 0 fully saturated rings. The molecule has 0 radical (unpaired) electrons. The van der Waals surface area contributed by atoms with E-state index in [0.29, 0.717) is 12.1 Å². The number of ether oxygens (including phenoxy) is 2. The van der Waals surface area contributed by atoms with Gasteiger partial charge in [-0.3, -0.25) is 0 Å². The predicted octanol–water partition coefficient (Wildman–Crippen LogP) is 4.77. The van der Waals surface area contributed by atoms with Gasteiger partial charge in [0.05, 0.1) is 5.69 Å². The van der Waals surface area contributed by atoms with Crippen LogP contribution >= 0.6 is 0 Å². The highest BCUT2D eigenvalue weighted by atomic mass is 16.6. The van der Waals surface area contributed by atoms with Crippen molar-refractivity contribution in [1.29, 1.82) is 0 Å². The van der Waals surface area contributed by atoms with Crippen molar-refractivity contribution < 1.29 is 19.1 Å². The number of nitrogens with zero attached hydrogens (tertiary/aromatic N) is 3. The molecule has 0 bridgehead atoms. The lowest BCUT2D eigenvalue weighted by Gasteiger charge is -2.25. The van der Waals surface area contributed by atoms with E-state index in [1.165, 1.54) is 16.5 Å². The van der Waals surface area contributed by atoms with E-state index in [4.69, 9.17) is 15.9 Å². The lowest BCUT2D eigenvalue weighted by Crippen LogP contribution is -2.37. The Bertz CT molecular complexity index is 717. The van der Waals surface area contributed by atoms with E-state index >= 15 is 0 Å². The average molecular weight is 392 g/mol. The van der Waals surface area contributed by atoms with Gasteiger partial charge in [-0.2, -0.15) is 0 Å². The lowest BCUT2D eigenvalue weighted by molar-refractivity contribution is 0.0534. The zero-order valence-electron chi connectivity index (χ0n) is 18.2. The van der Waals surface area contributed by atoms with Gasteiger partial charge in [-0.15, -0.1) is 12.3 Å². The molecule has 1 amide bonds. The number of terminal acetylenes is 1. The van der Waals surface area contributed by atoms with E-state index in [1.807, 2.05) is 0 Å². The summed E-state index contributed by atoms with van der Waals surface area (Å²) in [6.07, 6.45) is 9.94. The minimum atomic E-state index is -0.668. The van der Waals surface area contributed by atoms with Gasteiger partial charge < -0.3 is 9.47 Å². The van der Waals surface area contributed by atoms with Crippen molar-refractivity contribution in [2.45, 2.75) is 84.8 Å². The van der Waals surface area contributed by atoms with Gasteiger partial charge in [-0.1, -0.05) is 6.42 Å². The fourth-order valence-corrected chi connectivity index (χ4v) is 2.34. The van der Waals surface area contributed by atoms with Gasteiger partial charge in [-0.05, 0) is 60.8 Å². The first-order valence-corrected chi connectivity index (χ1v) is 9.56. The van der Waals surface area contributed by atoms with Gasteiger partial charge in [0.2, 0.25) is 5.95 Å². The summed E-state index contributed by atoms with van der Waals surface area (Å²) < 4.78 is 12.1. The number of aromatic nitrogens is 2. The van der Waals surface area contributed by atoms with E-state index in [9.17, 15) is 9.59 Å². The summed E-state index contributed by atoms with van der Waals surface area (Å²) in [4.78, 5) is 30.8. The molecule has 28 heavy (non-hydrogen) atoms. The molecule has 0 aliphatic carbocycles. The zero-order valence-corrected chi connectivity index (χ0v) is 18.2. The maximum Gasteiger partial charge on any atom is 0.421 e. The van der Waals surface area contributed by atoms with Crippen molar-refractivity contribution in [3.05, 3.63) is 11.9 Å². The molecule has 7 heteroatoms. The molecule has 156 valence electrons. The second kappa shape index (κ2) is 9.63. The minimum absolute atomic E-state index is 0.169. The number of aryl methyl sites for hydroxylation is 1. The lowest BCUT2D eigenvalue weighted by atomic mass is 10.1. The Morgan fingerprint density at radius 3 is 2.25 bits per heavy atom. The van der Waals surface area contributed by atoms with Crippen molar-refractivity contribution >= 4 is 18.1 Å². The van der Waals surface area contributed by atoms with Crippen molar-refractivity contribution in [1.82, 2.24) is 9.55 Å². The van der Waals surface area contributed by atoms with Crippen molar-refractivity contribution in [3.63, 3.8) is 0 Å². The van der Waals surface area contributed by atoms with Crippen molar-refractivity contribution in [2.24, 2.45) is 0 Å². The van der Waals surface area contributed by atoms with Crippen LogP contribution < -0.4 is 4.90 Å². The molecule has 0 aliphatic heterocycles. The number of imidazole rings is 1. The molecule has 0 N–H and O–H groups in total.